The van der Waals surface area contributed by atoms with Gasteiger partial charge in [0.15, 0.2) is 11.5 Å². The summed E-state index contributed by atoms with van der Waals surface area (Å²) in [5, 5.41) is 2.95. The third kappa shape index (κ3) is 4.17. The van der Waals surface area contributed by atoms with Crippen LogP contribution in [0, 0.1) is 0 Å². The molecule has 30 heavy (non-hydrogen) atoms. The molecular weight excluding hydrogens is 388 g/mol. The Balaban J connectivity index is 1.87. The van der Waals surface area contributed by atoms with Crippen LogP contribution in [0.2, 0.25) is 0 Å². The van der Waals surface area contributed by atoms with Gasteiger partial charge >= 0.3 is 6.03 Å². The summed E-state index contributed by atoms with van der Waals surface area (Å²) in [5.74, 6) is 2.87. The van der Waals surface area contributed by atoms with Crippen LogP contribution in [0.25, 0.3) is 0 Å². The number of likely N-dealkylation sites (tertiary alicyclic amines) is 1. The number of methoxy groups -OCH3 is 5. The summed E-state index contributed by atoms with van der Waals surface area (Å²) in [6.07, 6.45) is 1.74. The van der Waals surface area contributed by atoms with Crippen molar-refractivity contribution in [2.45, 2.75) is 18.9 Å². The number of anilines is 1. The molecule has 0 radical (unpaired) electrons. The van der Waals surface area contributed by atoms with E-state index in [1.54, 1.807) is 31.3 Å². The maximum absolute atomic E-state index is 13.1. The molecule has 8 heteroatoms. The molecular formula is C22H28N2O6. The van der Waals surface area contributed by atoms with Gasteiger partial charge in [-0.3, -0.25) is 0 Å². The highest BCUT2D eigenvalue weighted by molar-refractivity contribution is 5.91. The van der Waals surface area contributed by atoms with E-state index < -0.39 is 0 Å². The van der Waals surface area contributed by atoms with E-state index in [4.69, 9.17) is 23.7 Å². The topological polar surface area (TPSA) is 78.5 Å². The number of amides is 2. The largest absolute Gasteiger partial charge is 0.497 e. The fourth-order valence-corrected chi connectivity index (χ4v) is 3.78. The molecule has 8 nitrogen and oxygen atoms in total. The van der Waals surface area contributed by atoms with Crippen LogP contribution in [-0.4, -0.2) is 53.0 Å². The van der Waals surface area contributed by atoms with E-state index in [0.29, 0.717) is 29.5 Å². The molecule has 1 N–H and O–H groups in total. The van der Waals surface area contributed by atoms with Crippen LogP contribution >= 0.6 is 0 Å². The van der Waals surface area contributed by atoms with Crippen molar-refractivity contribution in [1.82, 2.24) is 4.90 Å². The number of ether oxygens (including phenoxy) is 5. The SMILES string of the molecule is COc1ccc(OC)c(C2CCCN2C(=O)Nc2cc(OC)c(OC)c(OC)c2)c1. The van der Waals surface area contributed by atoms with Crippen LogP contribution in [0.15, 0.2) is 30.3 Å². The van der Waals surface area contributed by atoms with Gasteiger partial charge < -0.3 is 33.9 Å². The van der Waals surface area contributed by atoms with Gasteiger partial charge in [0, 0.05) is 24.2 Å². The van der Waals surface area contributed by atoms with E-state index in [0.717, 1.165) is 29.9 Å². The molecule has 1 saturated heterocycles. The van der Waals surface area contributed by atoms with E-state index in [-0.39, 0.29) is 12.1 Å². The molecule has 2 amide bonds. The molecule has 162 valence electrons. The van der Waals surface area contributed by atoms with E-state index in [2.05, 4.69) is 5.32 Å². The first-order valence-electron chi connectivity index (χ1n) is 9.65. The third-order valence-corrected chi connectivity index (χ3v) is 5.23. The lowest BCUT2D eigenvalue weighted by Gasteiger charge is -2.27. The van der Waals surface area contributed by atoms with Crippen molar-refractivity contribution in [2.75, 3.05) is 47.4 Å². The zero-order chi connectivity index (χ0) is 21.7. The maximum atomic E-state index is 13.1. The summed E-state index contributed by atoms with van der Waals surface area (Å²) in [7, 11) is 7.85. The van der Waals surface area contributed by atoms with E-state index in [9.17, 15) is 4.79 Å². The number of nitrogens with one attached hydrogen (secondary N) is 1. The standard InChI is InChI=1S/C22H28N2O6/c1-26-15-8-9-18(27-2)16(13-15)17-7-6-10-24(17)22(25)23-14-11-19(28-3)21(30-5)20(12-14)29-4/h8-9,11-13,17H,6-7,10H2,1-5H3,(H,23,25). The van der Waals surface area contributed by atoms with Gasteiger partial charge in [0.2, 0.25) is 5.75 Å². The first kappa shape index (κ1) is 21.4. The number of benzene rings is 2. The Morgan fingerprint density at radius 1 is 0.900 bits per heavy atom. The third-order valence-electron chi connectivity index (χ3n) is 5.23. The summed E-state index contributed by atoms with van der Waals surface area (Å²) in [5.41, 5.74) is 1.48. The molecule has 1 atom stereocenters. The van der Waals surface area contributed by atoms with Crippen molar-refractivity contribution in [2.24, 2.45) is 0 Å². The van der Waals surface area contributed by atoms with E-state index in [1.807, 2.05) is 18.2 Å². The average Bonchev–Trinajstić information content (AvgIpc) is 3.27. The second kappa shape index (κ2) is 9.47. The maximum Gasteiger partial charge on any atom is 0.322 e. The number of nitrogens with zero attached hydrogens (tertiary/aromatic N) is 1. The second-order valence-corrected chi connectivity index (χ2v) is 6.80. The summed E-state index contributed by atoms with van der Waals surface area (Å²) in [6.45, 7) is 0.640. The van der Waals surface area contributed by atoms with Crippen LogP contribution in [0.4, 0.5) is 10.5 Å². The molecule has 0 aliphatic carbocycles. The summed E-state index contributed by atoms with van der Waals surface area (Å²) in [6, 6.07) is 8.72. The molecule has 0 saturated carbocycles. The Labute approximate surface area is 176 Å². The molecule has 1 unspecified atom stereocenters. The van der Waals surface area contributed by atoms with Crippen molar-refractivity contribution in [3.63, 3.8) is 0 Å². The minimum absolute atomic E-state index is 0.114. The van der Waals surface area contributed by atoms with Crippen LogP contribution in [0.1, 0.15) is 24.4 Å². The number of carbonyl (C=O) groups is 1. The van der Waals surface area contributed by atoms with Crippen molar-refractivity contribution < 1.29 is 28.5 Å². The average molecular weight is 416 g/mol. The molecule has 0 aromatic heterocycles. The zero-order valence-corrected chi connectivity index (χ0v) is 18.0. The zero-order valence-electron chi connectivity index (χ0n) is 18.0. The van der Waals surface area contributed by atoms with Gasteiger partial charge in [-0.05, 0) is 31.0 Å². The van der Waals surface area contributed by atoms with Gasteiger partial charge in [0.1, 0.15) is 11.5 Å². The van der Waals surface area contributed by atoms with Crippen molar-refractivity contribution in [1.29, 1.82) is 0 Å². The highest BCUT2D eigenvalue weighted by Crippen LogP contribution is 2.41. The molecule has 0 spiro atoms. The highest BCUT2D eigenvalue weighted by Gasteiger charge is 2.32. The Morgan fingerprint density at radius 2 is 1.57 bits per heavy atom. The quantitative estimate of drug-likeness (QED) is 0.732. The minimum Gasteiger partial charge on any atom is -0.497 e. The number of hydrogen-bond donors (Lipinski definition) is 1. The van der Waals surface area contributed by atoms with Crippen LogP contribution in [0.3, 0.4) is 0 Å². The Bertz CT molecular complexity index is 876. The van der Waals surface area contributed by atoms with Gasteiger partial charge in [-0.1, -0.05) is 0 Å². The Hall–Kier alpha value is -3.29. The lowest BCUT2D eigenvalue weighted by molar-refractivity contribution is 0.206. The van der Waals surface area contributed by atoms with Crippen molar-refractivity contribution >= 4 is 11.7 Å². The lowest BCUT2D eigenvalue weighted by atomic mass is 10.0. The molecule has 1 fully saturated rings. The first-order valence-corrected chi connectivity index (χ1v) is 9.65. The molecule has 1 aliphatic rings. The van der Waals surface area contributed by atoms with Gasteiger partial charge in [-0.2, -0.15) is 0 Å². The van der Waals surface area contributed by atoms with Crippen LogP contribution < -0.4 is 29.0 Å². The highest BCUT2D eigenvalue weighted by atomic mass is 16.5. The molecule has 2 aromatic carbocycles. The number of urea groups is 1. The molecule has 1 aliphatic heterocycles. The Morgan fingerprint density at radius 3 is 2.13 bits per heavy atom. The fraction of sp³-hybridized carbons (Fsp3) is 0.409. The predicted molar refractivity (Wildman–Crippen MR) is 113 cm³/mol. The normalized spacial score (nSPS) is 15.5. The smallest absolute Gasteiger partial charge is 0.322 e. The lowest BCUT2D eigenvalue weighted by Crippen LogP contribution is -2.34. The summed E-state index contributed by atoms with van der Waals surface area (Å²) < 4.78 is 27.0. The molecule has 3 rings (SSSR count). The minimum atomic E-state index is -0.211. The summed E-state index contributed by atoms with van der Waals surface area (Å²) >= 11 is 0. The molecule has 2 aromatic rings. The molecule has 1 heterocycles. The number of rotatable bonds is 7. The predicted octanol–water partition coefficient (Wildman–Crippen LogP) is 4.10. The first-order chi connectivity index (χ1) is 14.6. The monoisotopic (exact) mass is 416 g/mol. The fourth-order valence-electron chi connectivity index (χ4n) is 3.78. The van der Waals surface area contributed by atoms with Gasteiger partial charge in [0.05, 0.1) is 47.3 Å². The van der Waals surface area contributed by atoms with Crippen LogP contribution in [-0.2, 0) is 0 Å². The number of carbonyl (C=O) groups excluding carboxylic acids is 1. The molecule has 0 bridgehead atoms. The second-order valence-electron chi connectivity index (χ2n) is 6.80. The summed E-state index contributed by atoms with van der Waals surface area (Å²) in [4.78, 5) is 14.9. The van der Waals surface area contributed by atoms with Gasteiger partial charge in [0.25, 0.3) is 0 Å². The Kier molecular flexibility index (Phi) is 6.76. The van der Waals surface area contributed by atoms with E-state index >= 15 is 0 Å². The van der Waals surface area contributed by atoms with E-state index in [1.165, 1.54) is 21.3 Å². The van der Waals surface area contributed by atoms with Gasteiger partial charge in [-0.15, -0.1) is 0 Å². The number of hydrogen-bond acceptors (Lipinski definition) is 6. The van der Waals surface area contributed by atoms with Crippen molar-refractivity contribution in [3.05, 3.63) is 35.9 Å². The van der Waals surface area contributed by atoms with Crippen LogP contribution in [0.5, 0.6) is 28.7 Å². The van der Waals surface area contributed by atoms with Gasteiger partial charge in [-0.25, -0.2) is 4.79 Å². The van der Waals surface area contributed by atoms with Crippen molar-refractivity contribution in [3.8, 4) is 28.7 Å².